The van der Waals surface area contributed by atoms with Gasteiger partial charge in [-0.15, -0.1) is 5.10 Å². The number of rotatable bonds is 5. The van der Waals surface area contributed by atoms with Gasteiger partial charge in [0, 0.05) is 11.3 Å². The van der Waals surface area contributed by atoms with Crippen molar-refractivity contribution in [2.75, 3.05) is 5.32 Å². The summed E-state index contributed by atoms with van der Waals surface area (Å²) in [5.41, 5.74) is 2.91. The van der Waals surface area contributed by atoms with Crippen molar-refractivity contribution in [1.29, 1.82) is 0 Å². The summed E-state index contributed by atoms with van der Waals surface area (Å²) in [7, 11) is 0. The van der Waals surface area contributed by atoms with Gasteiger partial charge in [-0.3, -0.25) is 9.89 Å². The number of hydrogen-bond acceptors (Lipinski definition) is 4. The number of nitrogens with zero attached hydrogens (tertiary/aromatic N) is 2. The van der Waals surface area contributed by atoms with Crippen molar-refractivity contribution in [3.05, 3.63) is 60.2 Å². The van der Waals surface area contributed by atoms with E-state index in [1.54, 1.807) is 0 Å². The lowest BCUT2D eigenvalue weighted by Gasteiger charge is -2.10. The molecule has 0 radical (unpaired) electrons. The van der Waals surface area contributed by atoms with Crippen LogP contribution < -0.4 is 5.32 Å². The van der Waals surface area contributed by atoms with Crippen LogP contribution in [0.15, 0.2) is 59.8 Å². The average Bonchev–Trinajstić information content (AvgIpc) is 3.06. The maximum atomic E-state index is 12.3. The highest BCUT2D eigenvalue weighted by atomic mass is 32.2. The molecular formula is C18H18N4OS. The average molecular weight is 338 g/mol. The Hall–Kier alpha value is -2.60. The summed E-state index contributed by atoms with van der Waals surface area (Å²) in [5, 5.41) is 10.2. The minimum absolute atomic E-state index is 0.0742. The van der Waals surface area contributed by atoms with Gasteiger partial charge < -0.3 is 5.32 Å². The Balaban J connectivity index is 1.62. The molecule has 0 aliphatic carbocycles. The zero-order valence-corrected chi connectivity index (χ0v) is 14.3. The maximum Gasteiger partial charge on any atom is 0.237 e. The van der Waals surface area contributed by atoms with Crippen molar-refractivity contribution in [3.8, 4) is 11.4 Å². The highest BCUT2D eigenvalue weighted by molar-refractivity contribution is 8.00. The van der Waals surface area contributed by atoms with E-state index >= 15 is 0 Å². The minimum Gasteiger partial charge on any atom is -0.325 e. The number of aromatic nitrogens is 3. The van der Waals surface area contributed by atoms with Crippen LogP contribution in [-0.2, 0) is 4.79 Å². The van der Waals surface area contributed by atoms with Crippen LogP contribution in [-0.4, -0.2) is 26.3 Å². The van der Waals surface area contributed by atoms with Crippen LogP contribution in [0.3, 0.4) is 0 Å². The number of amides is 1. The number of H-pyrrole nitrogens is 1. The molecule has 0 fully saturated rings. The van der Waals surface area contributed by atoms with E-state index in [1.807, 2.05) is 68.4 Å². The van der Waals surface area contributed by atoms with E-state index in [9.17, 15) is 4.79 Å². The van der Waals surface area contributed by atoms with Crippen LogP contribution >= 0.6 is 11.8 Å². The normalized spacial score (nSPS) is 11.9. The predicted octanol–water partition coefficient (Wildman–Crippen LogP) is 3.90. The van der Waals surface area contributed by atoms with E-state index in [0.717, 1.165) is 16.8 Å². The molecule has 0 spiro atoms. The summed E-state index contributed by atoms with van der Waals surface area (Å²) in [6.07, 6.45) is 0. The van der Waals surface area contributed by atoms with Crippen LogP contribution in [0.2, 0.25) is 0 Å². The first-order chi connectivity index (χ1) is 11.6. The monoisotopic (exact) mass is 338 g/mol. The molecule has 24 heavy (non-hydrogen) atoms. The van der Waals surface area contributed by atoms with Crippen LogP contribution in [0.25, 0.3) is 11.4 Å². The van der Waals surface area contributed by atoms with Gasteiger partial charge in [-0.2, -0.15) is 0 Å². The first-order valence-electron chi connectivity index (χ1n) is 7.64. The molecule has 1 heterocycles. The van der Waals surface area contributed by atoms with Crippen LogP contribution in [0.4, 0.5) is 5.69 Å². The molecule has 0 aliphatic rings. The Morgan fingerprint density at radius 1 is 1.12 bits per heavy atom. The van der Waals surface area contributed by atoms with Gasteiger partial charge in [0.25, 0.3) is 0 Å². The van der Waals surface area contributed by atoms with E-state index < -0.39 is 0 Å². The number of aryl methyl sites for hydroxylation is 1. The highest BCUT2D eigenvalue weighted by Crippen LogP contribution is 2.23. The number of thioether (sulfide) groups is 1. The quantitative estimate of drug-likeness (QED) is 0.692. The third-order valence-electron chi connectivity index (χ3n) is 3.48. The van der Waals surface area contributed by atoms with Gasteiger partial charge in [-0.25, -0.2) is 4.98 Å². The molecule has 3 rings (SSSR count). The van der Waals surface area contributed by atoms with Crippen LogP contribution in [0.1, 0.15) is 12.5 Å². The lowest BCUT2D eigenvalue weighted by molar-refractivity contribution is -0.115. The standard InChI is InChI=1S/C18H18N4OS/c1-12-8-10-15(11-9-12)19-17(23)13(2)24-18-20-16(21-22-18)14-6-4-3-5-7-14/h3-11,13H,1-2H3,(H,19,23)(H,20,21,22)/t13-/m0/s1. The van der Waals surface area contributed by atoms with Gasteiger partial charge >= 0.3 is 0 Å². The number of carbonyl (C=O) groups excluding carboxylic acids is 1. The van der Waals surface area contributed by atoms with Gasteiger partial charge in [0.05, 0.1) is 5.25 Å². The van der Waals surface area contributed by atoms with Gasteiger partial charge in [0.1, 0.15) is 0 Å². The molecule has 2 aromatic carbocycles. The molecule has 0 aliphatic heterocycles. The third-order valence-corrected chi connectivity index (χ3v) is 4.44. The summed E-state index contributed by atoms with van der Waals surface area (Å²) in [6.45, 7) is 3.85. The smallest absolute Gasteiger partial charge is 0.237 e. The number of aromatic amines is 1. The van der Waals surface area contributed by atoms with E-state index in [4.69, 9.17) is 0 Å². The van der Waals surface area contributed by atoms with Crippen molar-refractivity contribution in [1.82, 2.24) is 15.2 Å². The first-order valence-corrected chi connectivity index (χ1v) is 8.52. The first kappa shape index (κ1) is 16.3. The Morgan fingerprint density at radius 2 is 1.83 bits per heavy atom. The van der Waals surface area contributed by atoms with Crippen molar-refractivity contribution in [3.63, 3.8) is 0 Å². The maximum absolute atomic E-state index is 12.3. The molecule has 0 bridgehead atoms. The lowest BCUT2D eigenvalue weighted by atomic mass is 10.2. The summed E-state index contributed by atoms with van der Waals surface area (Å²) >= 11 is 1.32. The van der Waals surface area contributed by atoms with E-state index in [1.165, 1.54) is 11.8 Å². The number of anilines is 1. The molecule has 0 saturated heterocycles. The van der Waals surface area contributed by atoms with E-state index in [2.05, 4.69) is 20.5 Å². The number of benzene rings is 2. The molecule has 5 nitrogen and oxygen atoms in total. The Morgan fingerprint density at radius 3 is 2.54 bits per heavy atom. The van der Waals surface area contributed by atoms with Gasteiger partial charge in [-0.05, 0) is 26.0 Å². The zero-order valence-electron chi connectivity index (χ0n) is 13.5. The lowest BCUT2D eigenvalue weighted by Crippen LogP contribution is -2.22. The molecule has 0 saturated carbocycles. The third kappa shape index (κ3) is 4.02. The fourth-order valence-corrected chi connectivity index (χ4v) is 2.84. The summed E-state index contributed by atoms with van der Waals surface area (Å²) in [4.78, 5) is 16.7. The van der Waals surface area contributed by atoms with Gasteiger partial charge in [0.15, 0.2) is 5.82 Å². The molecule has 0 unspecified atom stereocenters. The molecule has 3 aromatic rings. The molecule has 1 aromatic heterocycles. The van der Waals surface area contributed by atoms with E-state index in [0.29, 0.717) is 11.0 Å². The van der Waals surface area contributed by atoms with Gasteiger partial charge in [-0.1, -0.05) is 59.8 Å². The predicted molar refractivity (Wildman–Crippen MR) is 96.9 cm³/mol. The SMILES string of the molecule is Cc1ccc(NC(=O)[C@H](C)Sc2n[nH]c(-c3ccccc3)n2)cc1. The summed E-state index contributed by atoms with van der Waals surface area (Å²) in [5.74, 6) is 0.624. The molecule has 122 valence electrons. The largest absolute Gasteiger partial charge is 0.325 e. The van der Waals surface area contributed by atoms with Crippen LogP contribution in [0.5, 0.6) is 0 Å². The number of carbonyl (C=O) groups is 1. The van der Waals surface area contributed by atoms with Gasteiger partial charge in [0.2, 0.25) is 11.1 Å². The van der Waals surface area contributed by atoms with Crippen molar-refractivity contribution >= 4 is 23.4 Å². The van der Waals surface area contributed by atoms with Crippen molar-refractivity contribution < 1.29 is 4.79 Å². The van der Waals surface area contributed by atoms with Crippen molar-refractivity contribution in [2.45, 2.75) is 24.3 Å². The fraction of sp³-hybridized carbons (Fsp3) is 0.167. The molecular weight excluding hydrogens is 320 g/mol. The summed E-state index contributed by atoms with van der Waals surface area (Å²) in [6, 6.07) is 17.5. The highest BCUT2D eigenvalue weighted by Gasteiger charge is 2.17. The molecule has 1 atom stereocenters. The number of hydrogen-bond donors (Lipinski definition) is 2. The number of nitrogens with one attached hydrogen (secondary N) is 2. The Kier molecular flexibility index (Phi) is 4.96. The Bertz CT molecular complexity index is 815. The Labute approximate surface area is 144 Å². The molecule has 6 heteroatoms. The van der Waals surface area contributed by atoms with Crippen molar-refractivity contribution in [2.24, 2.45) is 0 Å². The zero-order chi connectivity index (χ0) is 16.9. The summed E-state index contributed by atoms with van der Waals surface area (Å²) < 4.78 is 0. The minimum atomic E-state index is -0.300. The molecule has 1 amide bonds. The topological polar surface area (TPSA) is 70.7 Å². The van der Waals surface area contributed by atoms with Crippen LogP contribution in [0, 0.1) is 6.92 Å². The fourth-order valence-electron chi connectivity index (χ4n) is 2.12. The second kappa shape index (κ2) is 7.31. The second-order valence-electron chi connectivity index (χ2n) is 5.45. The molecule has 2 N–H and O–H groups in total. The van der Waals surface area contributed by atoms with E-state index in [-0.39, 0.29) is 11.2 Å². The second-order valence-corrected chi connectivity index (χ2v) is 6.76.